The molecule has 4 aromatic rings. The second-order valence-electron chi connectivity index (χ2n) is 20.3. The summed E-state index contributed by atoms with van der Waals surface area (Å²) in [4.78, 5) is 61.5. The Morgan fingerprint density at radius 2 is 1.42 bits per heavy atom. The minimum atomic E-state index is -5.23. The number of hydrogen-bond donors (Lipinski definition) is 7. The molecule has 0 radical (unpaired) electrons. The fourth-order valence-corrected chi connectivity index (χ4v) is 9.45. The highest BCUT2D eigenvalue weighted by atomic mass is 19.4. The highest BCUT2D eigenvalue weighted by molar-refractivity contribution is 5.87. The maximum Gasteiger partial charge on any atom is 0.407 e. The number of rotatable bonds is 18. The van der Waals surface area contributed by atoms with Crippen molar-refractivity contribution in [2.24, 2.45) is 10.8 Å². The number of hydrazine groups is 1. The van der Waals surface area contributed by atoms with Crippen molar-refractivity contribution in [1.82, 2.24) is 46.5 Å². The lowest BCUT2D eigenvalue weighted by Crippen LogP contribution is -2.63. The van der Waals surface area contributed by atoms with Crippen LogP contribution in [0.1, 0.15) is 62.8 Å². The lowest BCUT2D eigenvalue weighted by molar-refractivity contribution is -0.221. The molecule has 6 unspecified atom stereocenters. The van der Waals surface area contributed by atoms with Gasteiger partial charge >= 0.3 is 24.5 Å². The quantitative estimate of drug-likeness (QED) is 0.0363. The van der Waals surface area contributed by atoms with E-state index in [1.165, 1.54) is 29.7 Å². The molecule has 2 bridgehead atoms. The first-order valence-electron chi connectivity index (χ1n) is 24.3. The fourth-order valence-electron chi connectivity index (χ4n) is 9.45. The Hall–Kier alpha value is -7.08. The molecule has 3 aliphatic heterocycles. The third-order valence-electron chi connectivity index (χ3n) is 14.3. The first kappa shape index (κ1) is 57.6. The topological polar surface area (TPSA) is 227 Å². The van der Waals surface area contributed by atoms with Gasteiger partial charge in [-0.05, 0) is 95.0 Å². The van der Waals surface area contributed by atoms with Crippen LogP contribution in [-0.4, -0.2) is 154 Å². The van der Waals surface area contributed by atoms with E-state index in [0.29, 0.717) is 67.5 Å². The van der Waals surface area contributed by atoms with Crippen molar-refractivity contribution in [2.45, 2.75) is 108 Å². The van der Waals surface area contributed by atoms with Crippen molar-refractivity contribution in [3.8, 4) is 23.1 Å². The van der Waals surface area contributed by atoms with Crippen LogP contribution < -0.4 is 26.3 Å². The number of halogens is 8. The van der Waals surface area contributed by atoms with Crippen molar-refractivity contribution in [2.75, 3.05) is 44.9 Å². The molecule has 7 rings (SSSR count). The Kier molecular flexibility index (Phi) is 17.4. The van der Waals surface area contributed by atoms with E-state index < -0.39 is 108 Å². The number of benzene rings is 2. The van der Waals surface area contributed by atoms with Gasteiger partial charge in [-0.15, -0.1) is 0 Å². The number of carboxylic acid groups (broad SMARTS) is 1. The maximum atomic E-state index is 15.9. The standard InChI is InChI=1S/C51H58F8N10O8/c1-48(2,50(54,55)56)42(64-47(75)76-5)44(71)62-39(18-29-9-6-28(7-10-29)8-11-30-12-15-41(60-21-30)67-22-32-13-14-33(23-67)69(32)34-26-77-27-34)40(70)25-68(66-45(72)43(63-46(73)74)49(3,4)51(57,58)59)24-35-36(52)19-31(20-37(35)53)38-16-17-61-65-38/h6-7,9-10,12,15-17,19-21,32-34,39-40,42-43,63,70H,13-14,18,22-27H2,1-5H3,(H,61,65)(H,62,71)(H,64,75)(H,66,72)(H,73,74). The monoisotopic (exact) mass is 1090 g/mol. The Balaban J connectivity index is 1.16. The number of fused-ring (bicyclic) bond motifs is 2. The molecule has 4 amide bonds. The van der Waals surface area contributed by atoms with E-state index in [2.05, 4.69) is 46.9 Å². The lowest BCUT2D eigenvalue weighted by atomic mass is 9.82. The highest BCUT2D eigenvalue weighted by Crippen LogP contribution is 2.42. The van der Waals surface area contributed by atoms with E-state index in [9.17, 15) is 55.7 Å². The van der Waals surface area contributed by atoms with E-state index in [1.54, 1.807) is 18.3 Å². The third-order valence-corrected chi connectivity index (χ3v) is 14.3. The maximum absolute atomic E-state index is 15.9. The Morgan fingerprint density at radius 1 is 0.831 bits per heavy atom. The number of ether oxygens (including phenoxy) is 2. The molecule has 3 fully saturated rings. The van der Waals surface area contributed by atoms with Crippen LogP contribution >= 0.6 is 0 Å². The minimum Gasteiger partial charge on any atom is -0.465 e. The zero-order chi connectivity index (χ0) is 56.2. The highest BCUT2D eigenvalue weighted by Gasteiger charge is 2.57. The van der Waals surface area contributed by atoms with Crippen LogP contribution in [0.4, 0.5) is 50.5 Å². The predicted octanol–water partition coefficient (Wildman–Crippen LogP) is 5.66. The number of H-pyrrole nitrogens is 1. The van der Waals surface area contributed by atoms with Gasteiger partial charge in [-0.2, -0.15) is 31.4 Å². The van der Waals surface area contributed by atoms with Gasteiger partial charge in [0.15, 0.2) is 0 Å². The Bertz CT molecular complexity index is 2770. The second kappa shape index (κ2) is 23.3. The fraction of sp³-hybridized carbons (Fsp3) is 0.490. The molecule has 26 heteroatoms. The molecule has 0 saturated carbocycles. The number of aliphatic hydroxyl groups excluding tert-OH is 1. The third kappa shape index (κ3) is 13.4. The number of aromatic amines is 1. The molecular weight excluding hydrogens is 1030 g/mol. The number of carbonyl (C=O) groups excluding carboxylic acids is 3. The molecule has 5 heterocycles. The molecular formula is C51H58F8N10O8. The number of carbonyl (C=O) groups is 4. The van der Waals surface area contributed by atoms with Gasteiger partial charge in [0.1, 0.15) is 29.5 Å². The van der Waals surface area contributed by atoms with Crippen LogP contribution in [0.15, 0.2) is 67.0 Å². The van der Waals surface area contributed by atoms with Gasteiger partial charge in [0.05, 0.1) is 55.0 Å². The lowest BCUT2D eigenvalue weighted by Gasteiger charge is -2.47. The molecule has 3 saturated heterocycles. The normalized spacial score (nSPS) is 18.8. The first-order chi connectivity index (χ1) is 36.2. The smallest absolute Gasteiger partial charge is 0.407 e. The number of nitrogens with zero attached hydrogens (tertiary/aromatic N) is 5. The van der Waals surface area contributed by atoms with Crippen molar-refractivity contribution < 1.29 is 74.0 Å². The Morgan fingerprint density at radius 3 is 1.92 bits per heavy atom. The summed E-state index contributed by atoms with van der Waals surface area (Å²) < 4.78 is 128. The van der Waals surface area contributed by atoms with Gasteiger partial charge in [-0.3, -0.25) is 25.0 Å². The average Bonchev–Trinajstić information content (AvgIpc) is 3.99. The number of pyridine rings is 1. The van der Waals surface area contributed by atoms with Gasteiger partial charge in [-0.1, -0.05) is 24.0 Å². The van der Waals surface area contributed by atoms with Gasteiger partial charge < -0.3 is 40.5 Å². The molecule has 18 nitrogen and oxygen atoms in total. The summed E-state index contributed by atoms with van der Waals surface area (Å²) >= 11 is 0. The SMILES string of the molecule is COC(=O)NC(C(=O)NC(Cc1ccc(C#Cc2ccc(N3CC4CCC(C3)N4C3COC3)nc2)cc1)C(O)CN(Cc1c(F)cc(-c2cc[nH]n2)cc1F)NC(=O)C(NC(=O)O)C(C)(C)C(F)(F)F)C(C)(C)C(F)(F)F. The van der Waals surface area contributed by atoms with Crippen LogP contribution in [0.5, 0.6) is 0 Å². The van der Waals surface area contributed by atoms with Gasteiger partial charge in [0.2, 0.25) is 5.91 Å². The van der Waals surface area contributed by atoms with Crippen molar-refractivity contribution in [3.63, 3.8) is 0 Å². The first-order valence-corrected chi connectivity index (χ1v) is 24.3. The van der Waals surface area contributed by atoms with E-state index in [1.807, 2.05) is 22.9 Å². The van der Waals surface area contributed by atoms with Crippen molar-refractivity contribution in [3.05, 3.63) is 101 Å². The largest absolute Gasteiger partial charge is 0.465 e. The van der Waals surface area contributed by atoms with E-state index >= 15 is 8.78 Å². The van der Waals surface area contributed by atoms with Crippen LogP contribution in [-0.2, 0) is 32.0 Å². The van der Waals surface area contributed by atoms with Gasteiger partial charge in [0, 0.05) is 72.9 Å². The minimum absolute atomic E-state index is 0.0624. The summed E-state index contributed by atoms with van der Waals surface area (Å²) in [5.41, 5.74) is -3.53. The predicted molar refractivity (Wildman–Crippen MR) is 260 cm³/mol. The number of anilines is 1. The van der Waals surface area contributed by atoms with Gasteiger partial charge in [0.25, 0.3) is 5.91 Å². The summed E-state index contributed by atoms with van der Waals surface area (Å²) in [6.07, 6.45) is -11.2. The number of methoxy groups -OCH3 is 1. The summed E-state index contributed by atoms with van der Waals surface area (Å²) in [6, 6.07) is 7.52. The van der Waals surface area contributed by atoms with Crippen LogP contribution in [0, 0.1) is 34.3 Å². The van der Waals surface area contributed by atoms with Crippen LogP contribution in [0.3, 0.4) is 0 Å². The van der Waals surface area contributed by atoms with E-state index in [4.69, 9.17) is 4.74 Å². The van der Waals surface area contributed by atoms with Crippen molar-refractivity contribution in [1.29, 1.82) is 0 Å². The number of aliphatic hydroxyl groups is 1. The number of amides is 4. The summed E-state index contributed by atoms with van der Waals surface area (Å²) in [5, 5.41) is 34.1. The molecule has 6 atom stereocenters. The van der Waals surface area contributed by atoms with Crippen LogP contribution in [0.2, 0.25) is 0 Å². The summed E-state index contributed by atoms with van der Waals surface area (Å²) in [5.74, 6) is 1.14. The molecule has 3 aliphatic rings. The molecule has 7 N–H and O–H groups in total. The average molecular weight is 1090 g/mol. The number of aromatic nitrogens is 3. The molecule has 0 spiro atoms. The molecule has 2 aromatic heterocycles. The molecule has 77 heavy (non-hydrogen) atoms. The van der Waals surface area contributed by atoms with Gasteiger partial charge in [-0.25, -0.2) is 28.4 Å². The second-order valence-corrected chi connectivity index (χ2v) is 20.3. The van der Waals surface area contributed by atoms with Crippen molar-refractivity contribution >= 4 is 29.8 Å². The number of alkyl halides is 6. The Labute approximate surface area is 437 Å². The van der Waals surface area contributed by atoms with Crippen LogP contribution in [0.25, 0.3) is 11.3 Å². The number of alkyl carbamates (subject to hydrolysis) is 1. The van der Waals surface area contributed by atoms with E-state index in [0.717, 1.165) is 64.2 Å². The summed E-state index contributed by atoms with van der Waals surface area (Å²) in [6.45, 7) is 3.33. The zero-order valence-corrected chi connectivity index (χ0v) is 42.4. The molecule has 2 aromatic carbocycles. The molecule has 416 valence electrons. The number of nitrogens with one attached hydrogen (secondary N) is 5. The molecule has 0 aliphatic carbocycles. The number of hydrogen-bond acceptors (Lipinski definition) is 12. The number of piperazine rings is 1. The summed E-state index contributed by atoms with van der Waals surface area (Å²) in [7, 11) is 0.836. The zero-order valence-electron chi connectivity index (χ0n) is 42.4. The van der Waals surface area contributed by atoms with E-state index in [-0.39, 0.29) is 11.3 Å².